The zero-order valence-corrected chi connectivity index (χ0v) is 13.6. The van der Waals surface area contributed by atoms with Gasteiger partial charge in [-0.25, -0.2) is 0 Å². The molecule has 0 aliphatic carbocycles. The van der Waals surface area contributed by atoms with Gasteiger partial charge in [0.2, 0.25) is 0 Å². The van der Waals surface area contributed by atoms with Gasteiger partial charge in [-0.05, 0) is 36.2 Å². The van der Waals surface area contributed by atoms with Crippen LogP contribution in [0.5, 0.6) is 0 Å². The largest absolute Gasteiger partial charge is 0.380 e. The van der Waals surface area contributed by atoms with Crippen molar-refractivity contribution in [2.24, 2.45) is 0 Å². The summed E-state index contributed by atoms with van der Waals surface area (Å²) in [7, 11) is 0. The SMILES string of the molecule is Cc1ccc(-c2onc(N)c2-c2cccc(Br)c2)cc1Cl. The van der Waals surface area contributed by atoms with Gasteiger partial charge in [0.25, 0.3) is 0 Å². The smallest absolute Gasteiger partial charge is 0.176 e. The van der Waals surface area contributed by atoms with E-state index in [0.29, 0.717) is 16.6 Å². The molecule has 0 amide bonds. The second kappa shape index (κ2) is 5.54. The van der Waals surface area contributed by atoms with Crippen LogP contribution >= 0.6 is 27.5 Å². The van der Waals surface area contributed by atoms with Crippen LogP contribution in [0, 0.1) is 6.92 Å². The molecule has 106 valence electrons. The molecular weight excluding hydrogens is 352 g/mol. The first-order chi connectivity index (χ1) is 10.1. The van der Waals surface area contributed by atoms with Gasteiger partial charge < -0.3 is 10.3 Å². The molecule has 5 heteroatoms. The van der Waals surface area contributed by atoms with Crippen molar-refractivity contribution in [3.8, 4) is 22.5 Å². The maximum Gasteiger partial charge on any atom is 0.176 e. The average Bonchev–Trinajstić information content (AvgIpc) is 2.84. The molecule has 0 fully saturated rings. The van der Waals surface area contributed by atoms with E-state index in [2.05, 4.69) is 21.1 Å². The lowest BCUT2D eigenvalue weighted by Crippen LogP contribution is -1.89. The molecule has 3 aromatic rings. The summed E-state index contributed by atoms with van der Waals surface area (Å²) in [4.78, 5) is 0. The minimum Gasteiger partial charge on any atom is -0.380 e. The number of nitrogens with two attached hydrogens (primary N) is 1. The molecule has 0 bridgehead atoms. The zero-order chi connectivity index (χ0) is 15.0. The van der Waals surface area contributed by atoms with Crippen molar-refractivity contribution in [2.45, 2.75) is 6.92 Å². The number of hydrogen-bond donors (Lipinski definition) is 1. The Kier molecular flexibility index (Phi) is 3.74. The topological polar surface area (TPSA) is 52.0 Å². The van der Waals surface area contributed by atoms with Crippen LogP contribution in [-0.4, -0.2) is 5.16 Å². The third-order valence-electron chi connectivity index (χ3n) is 3.27. The average molecular weight is 364 g/mol. The third-order valence-corrected chi connectivity index (χ3v) is 4.17. The Hall–Kier alpha value is -1.78. The molecule has 0 atom stereocenters. The lowest BCUT2D eigenvalue weighted by atomic mass is 10.0. The molecule has 0 saturated carbocycles. The fraction of sp³-hybridized carbons (Fsp3) is 0.0625. The van der Waals surface area contributed by atoms with E-state index in [1.807, 2.05) is 49.4 Å². The summed E-state index contributed by atoms with van der Waals surface area (Å²) < 4.78 is 6.39. The minimum atomic E-state index is 0.361. The number of nitrogen functional groups attached to an aromatic ring is 1. The van der Waals surface area contributed by atoms with Crippen molar-refractivity contribution in [1.82, 2.24) is 5.16 Å². The molecule has 1 heterocycles. The number of halogens is 2. The summed E-state index contributed by atoms with van der Waals surface area (Å²) in [6.07, 6.45) is 0. The highest BCUT2D eigenvalue weighted by Crippen LogP contribution is 2.38. The van der Waals surface area contributed by atoms with Crippen LogP contribution in [0.4, 0.5) is 5.82 Å². The summed E-state index contributed by atoms with van der Waals surface area (Å²) in [5, 5.41) is 4.58. The monoisotopic (exact) mass is 362 g/mol. The molecule has 0 radical (unpaired) electrons. The highest BCUT2D eigenvalue weighted by Gasteiger charge is 2.18. The van der Waals surface area contributed by atoms with Gasteiger partial charge in [-0.3, -0.25) is 0 Å². The Labute approximate surface area is 135 Å². The Morgan fingerprint density at radius 3 is 2.67 bits per heavy atom. The minimum absolute atomic E-state index is 0.361. The maximum absolute atomic E-state index is 6.19. The van der Waals surface area contributed by atoms with Crippen molar-refractivity contribution in [1.29, 1.82) is 0 Å². The summed E-state index contributed by atoms with van der Waals surface area (Å²) >= 11 is 9.65. The molecule has 0 spiro atoms. The summed E-state index contributed by atoms with van der Waals surface area (Å²) in [5.41, 5.74) is 9.55. The van der Waals surface area contributed by atoms with Crippen LogP contribution in [0.2, 0.25) is 5.02 Å². The van der Waals surface area contributed by atoms with E-state index < -0.39 is 0 Å². The summed E-state index contributed by atoms with van der Waals surface area (Å²) in [6.45, 7) is 1.95. The van der Waals surface area contributed by atoms with Crippen molar-refractivity contribution in [2.75, 3.05) is 5.73 Å². The van der Waals surface area contributed by atoms with Gasteiger partial charge in [0, 0.05) is 15.1 Å². The molecule has 21 heavy (non-hydrogen) atoms. The third kappa shape index (κ3) is 2.69. The van der Waals surface area contributed by atoms with Crippen LogP contribution in [0.15, 0.2) is 51.5 Å². The predicted octanol–water partition coefficient (Wildman–Crippen LogP) is 5.32. The van der Waals surface area contributed by atoms with E-state index in [4.69, 9.17) is 21.9 Å². The van der Waals surface area contributed by atoms with E-state index in [1.165, 1.54) is 0 Å². The molecule has 0 saturated heterocycles. The van der Waals surface area contributed by atoms with E-state index >= 15 is 0 Å². The van der Waals surface area contributed by atoms with Crippen LogP contribution in [0.25, 0.3) is 22.5 Å². The molecule has 0 aliphatic heterocycles. The van der Waals surface area contributed by atoms with Gasteiger partial charge >= 0.3 is 0 Å². The fourth-order valence-electron chi connectivity index (χ4n) is 2.16. The number of rotatable bonds is 2. The molecule has 0 unspecified atom stereocenters. The second-order valence-electron chi connectivity index (χ2n) is 4.75. The van der Waals surface area contributed by atoms with E-state index in [9.17, 15) is 0 Å². The molecule has 2 aromatic carbocycles. The molecule has 1 aromatic heterocycles. The number of hydrogen-bond acceptors (Lipinski definition) is 3. The predicted molar refractivity (Wildman–Crippen MR) is 89.2 cm³/mol. The van der Waals surface area contributed by atoms with Gasteiger partial charge in [0.1, 0.15) is 0 Å². The first-order valence-corrected chi connectivity index (χ1v) is 7.51. The molecule has 3 rings (SSSR count). The van der Waals surface area contributed by atoms with Crippen LogP contribution in [0.1, 0.15) is 5.56 Å². The van der Waals surface area contributed by atoms with E-state index in [1.54, 1.807) is 0 Å². The van der Waals surface area contributed by atoms with Gasteiger partial charge in [-0.1, -0.05) is 57.0 Å². The van der Waals surface area contributed by atoms with E-state index in [0.717, 1.165) is 26.7 Å². The number of aryl methyl sites for hydroxylation is 1. The normalized spacial score (nSPS) is 10.8. The van der Waals surface area contributed by atoms with E-state index in [-0.39, 0.29) is 0 Å². The van der Waals surface area contributed by atoms with Crippen LogP contribution in [-0.2, 0) is 0 Å². The standard InChI is InChI=1S/C16H12BrClN2O/c1-9-5-6-11(8-13(9)18)15-14(16(19)20-21-15)10-3-2-4-12(17)7-10/h2-8H,1H3,(H2,19,20). The van der Waals surface area contributed by atoms with Crippen molar-refractivity contribution < 1.29 is 4.52 Å². The lowest BCUT2D eigenvalue weighted by molar-refractivity contribution is 0.436. The van der Waals surface area contributed by atoms with Gasteiger partial charge in [-0.15, -0.1) is 0 Å². The lowest BCUT2D eigenvalue weighted by Gasteiger charge is -2.05. The van der Waals surface area contributed by atoms with Crippen LogP contribution < -0.4 is 5.73 Å². The Morgan fingerprint density at radius 1 is 1.14 bits per heavy atom. The maximum atomic E-state index is 6.19. The molecular formula is C16H12BrClN2O. The zero-order valence-electron chi connectivity index (χ0n) is 11.2. The highest BCUT2D eigenvalue weighted by molar-refractivity contribution is 9.10. The molecule has 3 nitrogen and oxygen atoms in total. The first-order valence-electron chi connectivity index (χ1n) is 6.34. The molecule has 2 N–H and O–H groups in total. The molecule has 0 aliphatic rings. The highest BCUT2D eigenvalue weighted by atomic mass is 79.9. The number of benzene rings is 2. The van der Waals surface area contributed by atoms with Crippen molar-refractivity contribution in [3.05, 3.63) is 57.5 Å². The Balaban J connectivity index is 2.19. The van der Waals surface area contributed by atoms with Gasteiger partial charge in [-0.2, -0.15) is 0 Å². The fourth-order valence-corrected chi connectivity index (χ4v) is 2.74. The second-order valence-corrected chi connectivity index (χ2v) is 6.07. The van der Waals surface area contributed by atoms with Crippen molar-refractivity contribution >= 4 is 33.3 Å². The Bertz CT molecular complexity index is 814. The van der Waals surface area contributed by atoms with Crippen LogP contribution in [0.3, 0.4) is 0 Å². The first kappa shape index (κ1) is 14.2. The van der Waals surface area contributed by atoms with Gasteiger partial charge in [0.05, 0.1) is 5.56 Å². The van der Waals surface area contributed by atoms with Gasteiger partial charge in [0.15, 0.2) is 11.6 Å². The summed E-state index contributed by atoms with van der Waals surface area (Å²) in [6, 6.07) is 13.6. The van der Waals surface area contributed by atoms with Crippen molar-refractivity contribution in [3.63, 3.8) is 0 Å². The number of nitrogens with zero attached hydrogens (tertiary/aromatic N) is 1. The number of aromatic nitrogens is 1. The Morgan fingerprint density at radius 2 is 1.95 bits per heavy atom. The summed E-state index contributed by atoms with van der Waals surface area (Å²) in [5.74, 6) is 0.979. The quantitative estimate of drug-likeness (QED) is 0.671. The number of anilines is 1.